The maximum atomic E-state index is 12.7. The molecule has 164 valence electrons. The first kappa shape index (κ1) is 21.2. The number of hydrogen-bond donors (Lipinski definition) is 0. The van der Waals surface area contributed by atoms with E-state index in [1.54, 1.807) is 12.1 Å². The summed E-state index contributed by atoms with van der Waals surface area (Å²) in [4.78, 5) is 16.9. The number of aryl methyl sites for hydroxylation is 1. The molecule has 0 spiro atoms. The Bertz CT molecular complexity index is 1000. The molecule has 0 unspecified atom stereocenters. The van der Waals surface area contributed by atoms with Crippen LogP contribution in [0.2, 0.25) is 0 Å². The molecule has 0 bridgehead atoms. The second kappa shape index (κ2) is 8.63. The van der Waals surface area contributed by atoms with Crippen molar-refractivity contribution < 1.29 is 9.21 Å². The van der Waals surface area contributed by atoms with E-state index in [0.29, 0.717) is 18.8 Å². The zero-order valence-corrected chi connectivity index (χ0v) is 18.7. The molecule has 2 aromatic heterocycles. The van der Waals surface area contributed by atoms with E-state index < -0.39 is 0 Å². The number of hydrogen-bond acceptors (Lipinski definition) is 6. The van der Waals surface area contributed by atoms with Crippen molar-refractivity contribution in [2.45, 2.75) is 45.7 Å². The highest BCUT2D eigenvalue weighted by Crippen LogP contribution is 2.31. The summed E-state index contributed by atoms with van der Waals surface area (Å²) in [5, 5.41) is 12.8. The van der Waals surface area contributed by atoms with E-state index in [1.807, 2.05) is 9.58 Å². The number of nitrogens with zero attached hydrogens (tertiary/aromatic N) is 6. The standard InChI is InChI=1S/C23H30N6O2/c1-5-23(3,4)29-21(24-25-26-29)20(18-10-8-17(2)9-11-18)27-12-14-28(15-13-27)22(30)19-7-6-16-31-19/h6-11,16,20H,5,12-15H2,1-4H3/t20-/m1/s1. The second-order valence-corrected chi connectivity index (χ2v) is 8.73. The average Bonchev–Trinajstić information content (AvgIpc) is 3.48. The molecular weight excluding hydrogens is 392 g/mol. The number of amides is 1. The number of furan rings is 1. The molecule has 0 radical (unpaired) electrons. The molecule has 1 amide bonds. The van der Waals surface area contributed by atoms with Gasteiger partial charge in [-0.1, -0.05) is 36.8 Å². The summed E-state index contributed by atoms with van der Waals surface area (Å²) in [5.74, 6) is 1.16. The first-order valence-corrected chi connectivity index (χ1v) is 10.8. The van der Waals surface area contributed by atoms with E-state index in [9.17, 15) is 4.79 Å². The van der Waals surface area contributed by atoms with Gasteiger partial charge in [-0.15, -0.1) is 5.10 Å². The van der Waals surface area contributed by atoms with Crippen LogP contribution < -0.4 is 0 Å². The van der Waals surface area contributed by atoms with Crippen LogP contribution in [-0.4, -0.2) is 62.1 Å². The molecule has 8 nitrogen and oxygen atoms in total. The van der Waals surface area contributed by atoms with Gasteiger partial charge in [0.05, 0.1) is 17.8 Å². The monoisotopic (exact) mass is 422 g/mol. The van der Waals surface area contributed by atoms with Crippen LogP contribution in [0.1, 0.15) is 60.7 Å². The van der Waals surface area contributed by atoms with Gasteiger partial charge in [0.2, 0.25) is 0 Å². The Hall–Kier alpha value is -3.00. The van der Waals surface area contributed by atoms with Gasteiger partial charge in [0, 0.05) is 26.2 Å². The van der Waals surface area contributed by atoms with Crippen molar-refractivity contribution in [2.75, 3.05) is 26.2 Å². The highest BCUT2D eigenvalue weighted by atomic mass is 16.3. The maximum absolute atomic E-state index is 12.7. The Balaban J connectivity index is 1.62. The van der Waals surface area contributed by atoms with Crippen LogP contribution in [0.15, 0.2) is 47.1 Å². The van der Waals surface area contributed by atoms with Gasteiger partial charge in [0.1, 0.15) is 0 Å². The predicted octanol–water partition coefficient (Wildman–Crippen LogP) is 3.27. The van der Waals surface area contributed by atoms with Gasteiger partial charge >= 0.3 is 0 Å². The molecule has 0 N–H and O–H groups in total. The molecule has 1 aliphatic heterocycles. The van der Waals surface area contributed by atoms with Gasteiger partial charge in [0.15, 0.2) is 11.6 Å². The molecule has 1 saturated heterocycles. The van der Waals surface area contributed by atoms with E-state index in [-0.39, 0.29) is 17.5 Å². The van der Waals surface area contributed by atoms with E-state index in [0.717, 1.165) is 30.9 Å². The van der Waals surface area contributed by atoms with Crippen molar-refractivity contribution >= 4 is 5.91 Å². The van der Waals surface area contributed by atoms with Crippen molar-refractivity contribution in [3.63, 3.8) is 0 Å². The molecule has 4 rings (SSSR count). The number of carbonyl (C=O) groups excluding carboxylic acids is 1. The maximum Gasteiger partial charge on any atom is 0.289 e. The molecule has 31 heavy (non-hydrogen) atoms. The number of tetrazole rings is 1. The van der Waals surface area contributed by atoms with Crippen molar-refractivity contribution in [1.82, 2.24) is 30.0 Å². The third kappa shape index (κ3) is 4.25. The van der Waals surface area contributed by atoms with Crippen LogP contribution in [0.25, 0.3) is 0 Å². The average molecular weight is 423 g/mol. The lowest BCUT2D eigenvalue weighted by molar-refractivity contribution is 0.0555. The van der Waals surface area contributed by atoms with Crippen molar-refractivity contribution in [3.05, 3.63) is 65.4 Å². The van der Waals surface area contributed by atoms with Crippen molar-refractivity contribution in [1.29, 1.82) is 0 Å². The normalized spacial score (nSPS) is 16.5. The molecular formula is C23H30N6O2. The summed E-state index contributed by atoms with van der Waals surface area (Å²) in [6, 6.07) is 11.9. The fraction of sp³-hybridized carbons (Fsp3) is 0.478. The minimum Gasteiger partial charge on any atom is -0.459 e. The van der Waals surface area contributed by atoms with E-state index in [2.05, 4.69) is 72.4 Å². The summed E-state index contributed by atoms with van der Waals surface area (Å²) in [6.45, 7) is 11.2. The van der Waals surface area contributed by atoms with Gasteiger partial charge in [-0.25, -0.2) is 4.68 Å². The molecule has 1 aliphatic rings. The highest BCUT2D eigenvalue weighted by Gasteiger charge is 2.35. The molecule has 3 heterocycles. The Labute approximate surface area is 182 Å². The van der Waals surface area contributed by atoms with Gasteiger partial charge in [-0.05, 0) is 55.3 Å². The summed E-state index contributed by atoms with van der Waals surface area (Å²) in [7, 11) is 0. The fourth-order valence-electron chi connectivity index (χ4n) is 3.96. The van der Waals surface area contributed by atoms with E-state index in [1.165, 1.54) is 11.8 Å². The van der Waals surface area contributed by atoms with Crippen LogP contribution >= 0.6 is 0 Å². The first-order valence-electron chi connectivity index (χ1n) is 10.8. The highest BCUT2D eigenvalue weighted by molar-refractivity contribution is 5.91. The van der Waals surface area contributed by atoms with E-state index >= 15 is 0 Å². The zero-order chi connectivity index (χ0) is 22.0. The molecule has 8 heteroatoms. The Morgan fingerprint density at radius 3 is 2.45 bits per heavy atom. The summed E-state index contributed by atoms with van der Waals surface area (Å²) < 4.78 is 7.25. The van der Waals surface area contributed by atoms with Crippen molar-refractivity contribution in [3.8, 4) is 0 Å². The first-order chi connectivity index (χ1) is 14.9. The molecule has 3 aromatic rings. The van der Waals surface area contributed by atoms with Gasteiger partial charge < -0.3 is 9.32 Å². The molecule has 1 atom stereocenters. The van der Waals surface area contributed by atoms with Crippen LogP contribution in [0, 0.1) is 6.92 Å². The predicted molar refractivity (Wildman–Crippen MR) is 117 cm³/mol. The fourth-order valence-corrected chi connectivity index (χ4v) is 3.96. The lowest BCUT2D eigenvalue weighted by atomic mass is 9.98. The molecule has 0 aliphatic carbocycles. The van der Waals surface area contributed by atoms with E-state index in [4.69, 9.17) is 4.42 Å². The third-order valence-corrected chi connectivity index (χ3v) is 6.27. The number of aromatic nitrogens is 4. The van der Waals surface area contributed by atoms with Crippen LogP contribution in [0.3, 0.4) is 0 Å². The third-order valence-electron chi connectivity index (χ3n) is 6.27. The number of piperazine rings is 1. The van der Waals surface area contributed by atoms with Crippen molar-refractivity contribution in [2.24, 2.45) is 0 Å². The molecule has 1 fully saturated rings. The van der Waals surface area contributed by atoms with Gasteiger partial charge in [-0.2, -0.15) is 0 Å². The number of rotatable bonds is 6. The quantitative estimate of drug-likeness (QED) is 0.607. The minimum absolute atomic E-state index is 0.0616. The summed E-state index contributed by atoms with van der Waals surface area (Å²) in [5.41, 5.74) is 2.17. The summed E-state index contributed by atoms with van der Waals surface area (Å²) >= 11 is 0. The Morgan fingerprint density at radius 2 is 1.84 bits per heavy atom. The van der Waals surface area contributed by atoms with Gasteiger partial charge in [-0.3, -0.25) is 9.69 Å². The van der Waals surface area contributed by atoms with Crippen LogP contribution in [0.4, 0.5) is 0 Å². The van der Waals surface area contributed by atoms with Crippen LogP contribution in [0.5, 0.6) is 0 Å². The van der Waals surface area contributed by atoms with Crippen LogP contribution in [-0.2, 0) is 5.54 Å². The number of benzene rings is 1. The molecule has 1 aromatic carbocycles. The topological polar surface area (TPSA) is 80.3 Å². The largest absolute Gasteiger partial charge is 0.459 e. The lowest BCUT2D eigenvalue weighted by Crippen LogP contribution is -2.50. The summed E-state index contributed by atoms with van der Waals surface area (Å²) in [6.07, 6.45) is 2.45. The van der Waals surface area contributed by atoms with Gasteiger partial charge in [0.25, 0.3) is 5.91 Å². The second-order valence-electron chi connectivity index (χ2n) is 8.73. The Morgan fingerprint density at radius 1 is 1.13 bits per heavy atom. The smallest absolute Gasteiger partial charge is 0.289 e. The Kier molecular flexibility index (Phi) is 5.91. The minimum atomic E-state index is -0.196. The number of carbonyl (C=O) groups is 1. The zero-order valence-electron chi connectivity index (χ0n) is 18.7. The molecule has 0 saturated carbocycles. The SMILES string of the molecule is CCC(C)(C)n1nnnc1[C@@H](c1ccc(C)cc1)N1CCN(C(=O)c2ccco2)CC1. The lowest BCUT2D eigenvalue weighted by Gasteiger charge is -2.39.